The molecule has 0 spiro atoms. The topological polar surface area (TPSA) is 46.5 Å². The molecule has 0 aliphatic rings. The number of hydrogen-bond acceptors (Lipinski definition) is 3. The fraction of sp³-hybridized carbons (Fsp3) is 0.0625. The highest BCUT2D eigenvalue weighted by Crippen LogP contribution is 2.30. The number of esters is 1. The summed E-state index contributed by atoms with van der Waals surface area (Å²) < 4.78 is 42.0. The van der Waals surface area contributed by atoms with Crippen molar-refractivity contribution in [1.29, 1.82) is 0 Å². The minimum atomic E-state index is -4.43. The molecule has 114 valence electrons. The van der Waals surface area contributed by atoms with Crippen molar-refractivity contribution in [3.05, 3.63) is 65.7 Å². The first kappa shape index (κ1) is 15.6. The summed E-state index contributed by atoms with van der Waals surface area (Å²) in [5, 5.41) is 9.11. The molecule has 0 atom stereocenters. The van der Waals surface area contributed by atoms with Crippen LogP contribution in [0, 0.1) is 0 Å². The van der Waals surface area contributed by atoms with Gasteiger partial charge < -0.3 is 9.84 Å². The lowest BCUT2D eigenvalue weighted by Crippen LogP contribution is -2.06. The van der Waals surface area contributed by atoms with Gasteiger partial charge in [0, 0.05) is 6.08 Å². The third-order valence-corrected chi connectivity index (χ3v) is 2.71. The second-order valence-corrected chi connectivity index (χ2v) is 4.37. The normalized spacial score (nSPS) is 11.6. The number of phenolic OH excluding ortho intramolecular Hbond substituents is 1. The summed E-state index contributed by atoms with van der Waals surface area (Å²) in [5.74, 6) is -0.592. The van der Waals surface area contributed by atoms with Crippen molar-refractivity contribution in [1.82, 2.24) is 0 Å². The van der Waals surface area contributed by atoms with Crippen LogP contribution in [0.15, 0.2) is 54.6 Å². The van der Waals surface area contributed by atoms with Crippen LogP contribution < -0.4 is 4.74 Å². The van der Waals surface area contributed by atoms with E-state index in [0.717, 1.165) is 30.3 Å². The van der Waals surface area contributed by atoms with Crippen LogP contribution in [0.4, 0.5) is 13.2 Å². The molecule has 0 bridgehead atoms. The van der Waals surface area contributed by atoms with Crippen LogP contribution in [0.5, 0.6) is 11.5 Å². The Kier molecular flexibility index (Phi) is 4.50. The van der Waals surface area contributed by atoms with E-state index in [1.807, 2.05) is 0 Å². The van der Waals surface area contributed by atoms with Gasteiger partial charge in [-0.1, -0.05) is 12.1 Å². The van der Waals surface area contributed by atoms with Gasteiger partial charge in [0.25, 0.3) is 0 Å². The number of rotatable bonds is 3. The van der Waals surface area contributed by atoms with Crippen LogP contribution in [-0.4, -0.2) is 11.1 Å². The summed E-state index contributed by atoms with van der Waals surface area (Å²) in [7, 11) is 0. The molecule has 2 rings (SSSR count). The second kappa shape index (κ2) is 6.34. The summed E-state index contributed by atoms with van der Waals surface area (Å²) >= 11 is 0. The Hall–Kier alpha value is -2.76. The fourth-order valence-corrected chi connectivity index (χ4v) is 1.61. The van der Waals surface area contributed by atoms with E-state index < -0.39 is 17.7 Å². The number of hydrogen-bond donors (Lipinski definition) is 1. The number of carbonyl (C=O) groups excluding carboxylic acids is 1. The van der Waals surface area contributed by atoms with Crippen LogP contribution >= 0.6 is 0 Å². The highest BCUT2D eigenvalue weighted by Gasteiger charge is 2.30. The first-order valence-corrected chi connectivity index (χ1v) is 6.21. The van der Waals surface area contributed by atoms with E-state index in [2.05, 4.69) is 0 Å². The van der Waals surface area contributed by atoms with Gasteiger partial charge in [0.15, 0.2) is 0 Å². The molecule has 0 unspecified atom stereocenters. The van der Waals surface area contributed by atoms with E-state index in [9.17, 15) is 18.0 Å². The van der Waals surface area contributed by atoms with E-state index in [4.69, 9.17) is 9.84 Å². The molecule has 0 saturated heterocycles. The van der Waals surface area contributed by atoms with Gasteiger partial charge in [0.2, 0.25) is 0 Å². The van der Waals surface area contributed by atoms with E-state index in [0.29, 0.717) is 5.56 Å². The lowest BCUT2D eigenvalue weighted by molar-refractivity contribution is -0.137. The van der Waals surface area contributed by atoms with Gasteiger partial charge in [-0.3, -0.25) is 0 Å². The molecule has 0 aromatic heterocycles. The summed E-state index contributed by atoms with van der Waals surface area (Å²) in [6.07, 6.45) is -1.82. The van der Waals surface area contributed by atoms with E-state index in [-0.39, 0.29) is 11.5 Å². The number of phenols is 1. The molecule has 3 nitrogen and oxygen atoms in total. The Labute approximate surface area is 124 Å². The van der Waals surface area contributed by atoms with Crippen molar-refractivity contribution in [2.24, 2.45) is 0 Å². The van der Waals surface area contributed by atoms with Crippen molar-refractivity contribution >= 4 is 12.0 Å². The van der Waals surface area contributed by atoms with Gasteiger partial charge in [-0.25, -0.2) is 4.79 Å². The summed E-state index contributed by atoms with van der Waals surface area (Å²) in [6.45, 7) is 0. The predicted molar refractivity (Wildman–Crippen MR) is 74.2 cm³/mol. The zero-order valence-corrected chi connectivity index (χ0v) is 11.2. The smallest absolute Gasteiger partial charge is 0.416 e. The Morgan fingerprint density at radius 3 is 2.14 bits per heavy atom. The summed E-state index contributed by atoms with van der Waals surface area (Å²) in [6, 6.07) is 9.94. The zero-order chi connectivity index (χ0) is 16.2. The predicted octanol–water partition coefficient (Wildman–Crippen LogP) is 4.03. The summed E-state index contributed by atoms with van der Waals surface area (Å²) in [5.41, 5.74) is -0.144. The van der Waals surface area contributed by atoms with Crippen LogP contribution in [0.1, 0.15) is 11.1 Å². The number of alkyl halides is 3. The average Bonchev–Trinajstić information content (AvgIpc) is 2.46. The molecule has 0 saturated carbocycles. The minimum absolute atomic E-state index is 0.0216. The molecule has 22 heavy (non-hydrogen) atoms. The number of benzene rings is 2. The largest absolute Gasteiger partial charge is 0.508 e. The highest BCUT2D eigenvalue weighted by molar-refractivity contribution is 5.88. The molecule has 0 heterocycles. The van der Waals surface area contributed by atoms with Gasteiger partial charge in [-0.05, 0) is 48.0 Å². The molecule has 2 aromatic rings. The number of carbonyl (C=O) groups is 1. The third-order valence-electron chi connectivity index (χ3n) is 2.71. The molecule has 6 heteroatoms. The summed E-state index contributed by atoms with van der Waals surface area (Å²) in [4.78, 5) is 11.6. The molecule has 0 amide bonds. The molecular formula is C16H11F3O3. The average molecular weight is 308 g/mol. The Morgan fingerprint density at radius 2 is 1.59 bits per heavy atom. The van der Waals surface area contributed by atoms with Gasteiger partial charge in [-0.15, -0.1) is 0 Å². The van der Waals surface area contributed by atoms with Crippen molar-refractivity contribution in [2.45, 2.75) is 6.18 Å². The maximum Gasteiger partial charge on any atom is 0.416 e. The number of halogens is 3. The van der Waals surface area contributed by atoms with Crippen molar-refractivity contribution < 1.29 is 27.8 Å². The molecule has 0 fully saturated rings. The molecule has 0 aliphatic carbocycles. The molecule has 0 radical (unpaired) electrons. The molecular weight excluding hydrogens is 297 g/mol. The number of aromatic hydroxyl groups is 1. The Morgan fingerprint density at radius 1 is 1.00 bits per heavy atom. The van der Waals surface area contributed by atoms with Crippen molar-refractivity contribution in [2.75, 3.05) is 0 Å². The second-order valence-electron chi connectivity index (χ2n) is 4.37. The Bertz CT molecular complexity index is 671. The monoisotopic (exact) mass is 308 g/mol. The zero-order valence-electron chi connectivity index (χ0n) is 11.2. The standard InChI is InChI=1S/C16H11F3O3/c17-16(18,19)12-4-8-14(9-5-12)22-15(21)10-3-11-1-6-13(20)7-2-11/h1-10,20H/b10-3+. The highest BCUT2D eigenvalue weighted by atomic mass is 19.4. The van der Waals surface area contributed by atoms with Gasteiger partial charge >= 0.3 is 12.1 Å². The van der Waals surface area contributed by atoms with Crippen LogP contribution in [-0.2, 0) is 11.0 Å². The SMILES string of the molecule is O=C(/C=C/c1ccc(O)cc1)Oc1ccc(C(F)(F)F)cc1. The maximum atomic E-state index is 12.4. The van der Waals surface area contributed by atoms with E-state index in [1.54, 1.807) is 12.1 Å². The van der Waals surface area contributed by atoms with Gasteiger partial charge in [-0.2, -0.15) is 13.2 Å². The molecule has 2 aromatic carbocycles. The van der Waals surface area contributed by atoms with E-state index >= 15 is 0 Å². The fourth-order valence-electron chi connectivity index (χ4n) is 1.61. The van der Waals surface area contributed by atoms with Crippen molar-refractivity contribution in [3.63, 3.8) is 0 Å². The van der Waals surface area contributed by atoms with Gasteiger partial charge in [0.05, 0.1) is 5.56 Å². The van der Waals surface area contributed by atoms with Crippen LogP contribution in [0.2, 0.25) is 0 Å². The minimum Gasteiger partial charge on any atom is -0.508 e. The van der Waals surface area contributed by atoms with E-state index in [1.165, 1.54) is 18.2 Å². The Balaban J connectivity index is 1.98. The van der Waals surface area contributed by atoms with Crippen LogP contribution in [0.3, 0.4) is 0 Å². The maximum absolute atomic E-state index is 12.4. The number of ether oxygens (including phenoxy) is 1. The molecule has 1 N–H and O–H groups in total. The third kappa shape index (κ3) is 4.37. The van der Waals surface area contributed by atoms with Gasteiger partial charge in [0.1, 0.15) is 11.5 Å². The quantitative estimate of drug-likeness (QED) is 0.529. The first-order chi connectivity index (χ1) is 10.3. The van der Waals surface area contributed by atoms with Crippen molar-refractivity contribution in [3.8, 4) is 11.5 Å². The molecule has 0 aliphatic heterocycles. The van der Waals surface area contributed by atoms with Crippen LogP contribution in [0.25, 0.3) is 6.08 Å². The lowest BCUT2D eigenvalue weighted by Gasteiger charge is -2.07. The lowest BCUT2D eigenvalue weighted by atomic mass is 10.2. The first-order valence-electron chi connectivity index (χ1n) is 6.21.